The van der Waals surface area contributed by atoms with Gasteiger partial charge in [-0.05, 0) is 34.5 Å². The zero-order valence-corrected chi connectivity index (χ0v) is 12.9. The van der Waals surface area contributed by atoms with E-state index < -0.39 is 0 Å². The van der Waals surface area contributed by atoms with E-state index in [1.807, 2.05) is 0 Å². The van der Waals surface area contributed by atoms with Crippen LogP contribution in [-0.4, -0.2) is 17.0 Å². The standard InChI is InChI=1S/C14H15BrFN3O/c1-3-4-12-18-13(17-2)8-14(19-12)20-9-5-6-10(15)11(16)7-9/h5-8H,3-4H2,1-2H3,(H,17,18,19). The molecule has 0 aliphatic carbocycles. The molecule has 2 rings (SSSR count). The summed E-state index contributed by atoms with van der Waals surface area (Å²) in [6, 6.07) is 6.26. The Hall–Kier alpha value is -1.69. The van der Waals surface area contributed by atoms with E-state index in [9.17, 15) is 4.39 Å². The average molecular weight is 340 g/mol. The van der Waals surface area contributed by atoms with E-state index in [-0.39, 0.29) is 5.82 Å². The molecule has 0 saturated carbocycles. The molecule has 1 aromatic carbocycles. The van der Waals surface area contributed by atoms with Gasteiger partial charge in [0.1, 0.15) is 23.2 Å². The number of aromatic nitrogens is 2. The van der Waals surface area contributed by atoms with Crippen molar-refractivity contribution in [2.45, 2.75) is 19.8 Å². The van der Waals surface area contributed by atoms with E-state index >= 15 is 0 Å². The highest BCUT2D eigenvalue weighted by molar-refractivity contribution is 9.10. The lowest BCUT2D eigenvalue weighted by molar-refractivity contribution is 0.453. The minimum absolute atomic E-state index is 0.376. The van der Waals surface area contributed by atoms with Crippen LogP contribution < -0.4 is 10.1 Å². The first kappa shape index (κ1) is 14.7. The average Bonchev–Trinajstić information content (AvgIpc) is 2.43. The third kappa shape index (κ3) is 3.66. The summed E-state index contributed by atoms with van der Waals surface area (Å²) < 4.78 is 19.4. The van der Waals surface area contributed by atoms with E-state index in [4.69, 9.17) is 4.74 Å². The lowest BCUT2D eigenvalue weighted by Crippen LogP contribution is -2.02. The molecule has 1 N–H and O–H groups in total. The highest BCUT2D eigenvalue weighted by atomic mass is 79.9. The number of benzene rings is 1. The van der Waals surface area contributed by atoms with Gasteiger partial charge in [-0.15, -0.1) is 0 Å². The molecule has 0 atom stereocenters. The van der Waals surface area contributed by atoms with Crippen molar-refractivity contribution >= 4 is 21.7 Å². The monoisotopic (exact) mass is 339 g/mol. The highest BCUT2D eigenvalue weighted by Crippen LogP contribution is 2.25. The van der Waals surface area contributed by atoms with Crippen LogP contribution in [0.4, 0.5) is 10.2 Å². The molecule has 20 heavy (non-hydrogen) atoms. The second-order valence-corrected chi connectivity index (χ2v) is 5.04. The fourth-order valence-corrected chi connectivity index (χ4v) is 1.90. The molecule has 0 spiro atoms. The number of hydrogen-bond acceptors (Lipinski definition) is 4. The molecular weight excluding hydrogens is 325 g/mol. The van der Waals surface area contributed by atoms with Crippen molar-refractivity contribution in [2.75, 3.05) is 12.4 Å². The summed E-state index contributed by atoms with van der Waals surface area (Å²) in [6.45, 7) is 2.06. The van der Waals surface area contributed by atoms with E-state index in [2.05, 4.69) is 38.1 Å². The number of aryl methyl sites for hydroxylation is 1. The molecule has 0 aliphatic heterocycles. The van der Waals surface area contributed by atoms with Gasteiger partial charge >= 0.3 is 0 Å². The van der Waals surface area contributed by atoms with Gasteiger partial charge < -0.3 is 10.1 Å². The number of halogens is 2. The summed E-state index contributed by atoms with van der Waals surface area (Å²) in [5.41, 5.74) is 0. The first-order valence-electron chi connectivity index (χ1n) is 6.31. The Morgan fingerprint density at radius 2 is 2.10 bits per heavy atom. The highest BCUT2D eigenvalue weighted by Gasteiger charge is 2.07. The summed E-state index contributed by atoms with van der Waals surface area (Å²) in [6.07, 6.45) is 1.71. The fourth-order valence-electron chi connectivity index (χ4n) is 1.65. The van der Waals surface area contributed by atoms with Gasteiger partial charge in [0.05, 0.1) is 4.47 Å². The van der Waals surface area contributed by atoms with Crippen LogP contribution in [0.25, 0.3) is 0 Å². The molecule has 1 aromatic heterocycles. The summed E-state index contributed by atoms with van der Waals surface area (Å²) in [5, 5.41) is 2.96. The molecule has 0 fully saturated rings. The first-order valence-corrected chi connectivity index (χ1v) is 7.10. The topological polar surface area (TPSA) is 47.0 Å². The van der Waals surface area contributed by atoms with Crippen molar-refractivity contribution in [2.24, 2.45) is 0 Å². The molecule has 0 radical (unpaired) electrons. The number of hydrogen-bond donors (Lipinski definition) is 1. The molecule has 2 aromatic rings. The molecule has 0 aliphatic rings. The van der Waals surface area contributed by atoms with Gasteiger partial charge in [-0.3, -0.25) is 0 Å². The Morgan fingerprint density at radius 1 is 1.30 bits per heavy atom. The normalized spacial score (nSPS) is 10.4. The van der Waals surface area contributed by atoms with Gasteiger partial charge in [-0.25, -0.2) is 9.37 Å². The van der Waals surface area contributed by atoms with Crippen LogP contribution in [0.5, 0.6) is 11.6 Å². The number of nitrogens with zero attached hydrogens (tertiary/aromatic N) is 2. The second kappa shape index (κ2) is 6.65. The number of anilines is 1. The zero-order chi connectivity index (χ0) is 14.5. The van der Waals surface area contributed by atoms with Gasteiger partial charge in [0.2, 0.25) is 5.88 Å². The van der Waals surface area contributed by atoms with E-state index in [0.29, 0.717) is 27.7 Å². The summed E-state index contributed by atoms with van der Waals surface area (Å²) in [4.78, 5) is 8.64. The van der Waals surface area contributed by atoms with E-state index in [1.165, 1.54) is 6.07 Å². The van der Waals surface area contributed by atoms with Crippen molar-refractivity contribution < 1.29 is 9.13 Å². The molecule has 4 nitrogen and oxygen atoms in total. The van der Waals surface area contributed by atoms with Crippen molar-refractivity contribution in [1.82, 2.24) is 9.97 Å². The number of nitrogens with one attached hydrogen (secondary N) is 1. The maximum atomic E-state index is 13.5. The van der Waals surface area contributed by atoms with Crippen LogP contribution in [0, 0.1) is 5.82 Å². The predicted molar refractivity (Wildman–Crippen MR) is 79.7 cm³/mol. The van der Waals surface area contributed by atoms with Crippen molar-refractivity contribution in [3.63, 3.8) is 0 Å². The van der Waals surface area contributed by atoms with Gasteiger partial charge in [0, 0.05) is 25.6 Å². The van der Waals surface area contributed by atoms with E-state index in [0.717, 1.165) is 12.8 Å². The molecule has 6 heteroatoms. The Bertz CT molecular complexity index is 607. The van der Waals surface area contributed by atoms with Gasteiger partial charge in [-0.2, -0.15) is 4.98 Å². The molecule has 1 heterocycles. The largest absolute Gasteiger partial charge is 0.439 e. The third-order valence-corrected chi connectivity index (χ3v) is 3.24. The maximum absolute atomic E-state index is 13.5. The van der Waals surface area contributed by atoms with Gasteiger partial charge in [-0.1, -0.05) is 6.92 Å². The van der Waals surface area contributed by atoms with Crippen LogP contribution in [0.3, 0.4) is 0 Å². The van der Waals surface area contributed by atoms with Crippen LogP contribution >= 0.6 is 15.9 Å². The Morgan fingerprint density at radius 3 is 2.75 bits per heavy atom. The molecule has 0 unspecified atom stereocenters. The van der Waals surface area contributed by atoms with Crippen LogP contribution in [0.2, 0.25) is 0 Å². The summed E-state index contributed by atoms with van der Waals surface area (Å²) in [5.74, 6) is 1.80. The predicted octanol–water partition coefficient (Wildman–Crippen LogP) is 4.16. The SMILES string of the molecule is CCCc1nc(NC)cc(Oc2ccc(Br)c(F)c2)n1. The minimum Gasteiger partial charge on any atom is -0.439 e. The van der Waals surface area contributed by atoms with Gasteiger partial charge in [0.15, 0.2) is 0 Å². The van der Waals surface area contributed by atoms with Crippen LogP contribution in [0.15, 0.2) is 28.7 Å². The quantitative estimate of drug-likeness (QED) is 0.888. The zero-order valence-electron chi connectivity index (χ0n) is 11.3. The maximum Gasteiger partial charge on any atom is 0.224 e. The molecular formula is C14H15BrFN3O. The third-order valence-electron chi connectivity index (χ3n) is 2.59. The minimum atomic E-state index is -0.376. The van der Waals surface area contributed by atoms with Crippen molar-refractivity contribution in [3.8, 4) is 11.6 Å². The lowest BCUT2D eigenvalue weighted by Gasteiger charge is -2.09. The van der Waals surface area contributed by atoms with E-state index in [1.54, 1.807) is 25.2 Å². The number of rotatable bonds is 5. The Balaban J connectivity index is 2.27. The van der Waals surface area contributed by atoms with Gasteiger partial charge in [0.25, 0.3) is 0 Å². The molecule has 0 amide bonds. The Labute approximate surface area is 125 Å². The second-order valence-electron chi connectivity index (χ2n) is 4.19. The molecule has 0 bridgehead atoms. The summed E-state index contributed by atoms with van der Waals surface area (Å²) in [7, 11) is 1.78. The Kier molecular flexibility index (Phi) is 4.89. The summed E-state index contributed by atoms with van der Waals surface area (Å²) >= 11 is 3.10. The van der Waals surface area contributed by atoms with Crippen molar-refractivity contribution in [1.29, 1.82) is 0 Å². The lowest BCUT2D eigenvalue weighted by atomic mass is 10.3. The van der Waals surface area contributed by atoms with Crippen molar-refractivity contribution in [3.05, 3.63) is 40.4 Å². The number of ether oxygens (including phenoxy) is 1. The smallest absolute Gasteiger partial charge is 0.224 e. The van der Waals surface area contributed by atoms with Crippen LogP contribution in [0.1, 0.15) is 19.2 Å². The molecule has 0 saturated heterocycles. The van der Waals surface area contributed by atoms with Crippen LogP contribution in [-0.2, 0) is 6.42 Å². The first-order chi connectivity index (χ1) is 9.62. The molecule has 106 valence electrons. The fraction of sp³-hybridized carbons (Fsp3) is 0.286.